The van der Waals surface area contributed by atoms with Gasteiger partial charge in [-0.2, -0.15) is 0 Å². The number of carboxylic acids is 1. The quantitative estimate of drug-likeness (QED) is 0.776. The summed E-state index contributed by atoms with van der Waals surface area (Å²) in [4.78, 5) is 24.8. The van der Waals surface area contributed by atoms with E-state index in [1.165, 1.54) is 0 Å². The van der Waals surface area contributed by atoms with Gasteiger partial charge in [0.15, 0.2) is 0 Å². The van der Waals surface area contributed by atoms with Crippen LogP contribution in [0.25, 0.3) is 0 Å². The fraction of sp³-hybridized carbons (Fsp3) is 0.667. The first kappa shape index (κ1) is 16.5. The molecule has 2 N–H and O–H groups in total. The number of carbonyl (C=O) groups excluding carboxylic acids is 1. The van der Waals surface area contributed by atoms with Crippen molar-refractivity contribution in [1.29, 1.82) is 0 Å². The molecule has 0 unspecified atom stereocenters. The molecule has 0 bridgehead atoms. The van der Waals surface area contributed by atoms with E-state index in [4.69, 9.17) is 9.63 Å². The van der Waals surface area contributed by atoms with E-state index in [9.17, 15) is 9.59 Å². The minimum absolute atomic E-state index is 0.0425. The van der Waals surface area contributed by atoms with Crippen LogP contribution < -0.4 is 5.32 Å². The van der Waals surface area contributed by atoms with Crippen molar-refractivity contribution in [3.8, 4) is 0 Å². The summed E-state index contributed by atoms with van der Waals surface area (Å²) in [6, 6.07) is 0.367. The average molecular weight is 309 g/mol. The van der Waals surface area contributed by atoms with Crippen LogP contribution in [0.2, 0.25) is 0 Å². The Balaban J connectivity index is 1.77. The van der Waals surface area contributed by atoms with Gasteiger partial charge < -0.3 is 14.9 Å². The maximum Gasteiger partial charge on any atom is 0.317 e. The second-order valence-electron chi connectivity index (χ2n) is 5.83. The van der Waals surface area contributed by atoms with Crippen LogP contribution in [0.1, 0.15) is 36.8 Å². The predicted molar refractivity (Wildman–Crippen MR) is 79.5 cm³/mol. The summed E-state index contributed by atoms with van der Waals surface area (Å²) in [5.74, 6) is -0.176. The van der Waals surface area contributed by atoms with Gasteiger partial charge in [0.05, 0.1) is 18.7 Å². The number of carbonyl (C=O) groups is 2. The Morgan fingerprint density at radius 3 is 2.59 bits per heavy atom. The number of amides is 1. The third-order valence-electron chi connectivity index (χ3n) is 4.26. The summed E-state index contributed by atoms with van der Waals surface area (Å²) >= 11 is 0. The Kier molecular flexibility index (Phi) is 5.18. The summed E-state index contributed by atoms with van der Waals surface area (Å²) in [5, 5.41) is 15.7. The molecule has 0 radical (unpaired) electrons. The standard InChI is InChI=1S/C15H23N3O4/c1-4-18(8-15(20)21)12-5-11(6-12)16-14(19)7-13-9(2)17-22-10(13)3/h11-12H,4-8H2,1-3H3,(H,16,19)(H,20,21). The van der Waals surface area contributed by atoms with Crippen LogP contribution >= 0.6 is 0 Å². The van der Waals surface area contributed by atoms with Crippen molar-refractivity contribution in [2.75, 3.05) is 13.1 Å². The maximum atomic E-state index is 12.1. The summed E-state index contributed by atoms with van der Waals surface area (Å²) < 4.78 is 5.05. The Morgan fingerprint density at radius 2 is 2.09 bits per heavy atom. The lowest BCUT2D eigenvalue weighted by atomic mass is 9.85. The fourth-order valence-corrected chi connectivity index (χ4v) is 2.87. The molecular weight excluding hydrogens is 286 g/mol. The molecule has 2 rings (SSSR count). The molecule has 1 amide bonds. The molecule has 1 aromatic heterocycles. The number of hydrogen-bond donors (Lipinski definition) is 2. The Hall–Kier alpha value is -1.89. The van der Waals surface area contributed by atoms with Crippen LogP contribution in [0.4, 0.5) is 0 Å². The molecule has 7 nitrogen and oxygen atoms in total. The zero-order chi connectivity index (χ0) is 16.3. The van der Waals surface area contributed by atoms with Crippen molar-refractivity contribution in [2.24, 2.45) is 0 Å². The van der Waals surface area contributed by atoms with Crippen LogP contribution in [-0.4, -0.2) is 52.2 Å². The van der Waals surface area contributed by atoms with E-state index >= 15 is 0 Å². The largest absolute Gasteiger partial charge is 0.480 e. The van der Waals surface area contributed by atoms with Gasteiger partial charge in [-0.3, -0.25) is 14.5 Å². The molecule has 7 heteroatoms. The number of aromatic nitrogens is 1. The SMILES string of the molecule is CCN(CC(=O)O)C1CC(NC(=O)Cc2c(C)noc2C)C1. The first-order valence-corrected chi connectivity index (χ1v) is 7.57. The van der Waals surface area contributed by atoms with E-state index in [-0.39, 0.29) is 31.0 Å². The van der Waals surface area contributed by atoms with E-state index in [1.807, 2.05) is 18.7 Å². The van der Waals surface area contributed by atoms with Crippen molar-refractivity contribution < 1.29 is 19.2 Å². The average Bonchev–Trinajstić information content (AvgIpc) is 2.71. The van der Waals surface area contributed by atoms with Gasteiger partial charge in [0, 0.05) is 17.6 Å². The summed E-state index contributed by atoms with van der Waals surface area (Å²) in [7, 11) is 0. The van der Waals surface area contributed by atoms with Crippen molar-refractivity contribution >= 4 is 11.9 Å². The highest BCUT2D eigenvalue weighted by Crippen LogP contribution is 2.25. The first-order valence-electron chi connectivity index (χ1n) is 7.57. The molecule has 22 heavy (non-hydrogen) atoms. The number of rotatable bonds is 7. The topological polar surface area (TPSA) is 95.7 Å². The molecule has 0 saturated heterocycles. The first-order chi connectivity index (χ1) is 10.4. The number of carboxylic acid groups (broad SMARTS) is 1. The maximum absolute atomic E-state index is 12.1. The molecule has 0 aromatic carbocycles. The minimum Gasteiger partial charge on any atom is -0.480 e. The van der Waals surface area contributed by atoms with Gasteiger partial charge in [0.25, 0.3) is 0 Å². The zero-order valence-electron chi connectivity index (χ0n) is 13.3. The third kappa shape index (κ3) is 3.85. The molecule has 1 heterocycles. The number of hydrogen-bond acceptors (Lipinski definition) is 5. The molecule has 1 fully saturated rings. The Morgan fingerprint density at radius 1 is 1.41 bits per heavy atom. The van der Waals surface area contributed by atoms with Gasteiger partial charge in [-0.1, -0.05) is 12.1 Å². The fourth-order valence-electron chi connectivity index (χ4n) is 2.87. The molecule has 122 valence electrons. The van der Waals surface area contributed by atoms with E-state index in [0.29, 0.717) is 12.3 Å². The lowest BCUT2D eigenvalue weighted by Crippen LogP contribution is -2.55. The normalized spacial score (nSPS) is 20.7. The van der Waals surface area contributed by atoms with E-state index in [1.54, 1.807) is 6.92 Å². The highest BCUT2D eigenvalue weighted by atomic mass is 16.5. The third-order valence-corrected chi connectivity index (χ3v) is 4.26. The second-order valence-corrected chi connectivity index (χ2v) is 5.83. The molecule has 1 aliphatic carbocycles. The molecule has 0 aliphatic heterocycles. The van der Waals surface area contributed by atoms with Crippen molar-refractivity contribution in [1.82, 2.24) is 15.4 Å². The summed E-state index contributed by atoms with van der Waals surface area (Å²) in [5.41, 5.74) is 1.59. The van der Waals surface area contributed by atoms with E-state index in [2.05, 4.69) is 10.5 Å². The van der Waals surface area contributed by atoms with Crippen LogP contribution in [0.5, 0.6) is 0 Å². The molecule has 1 aromatic rings. The van der Waals surface area contributed by atoms with Crippen LogP contribution in [0.3, 0.4) is 0 Å². The van der Waals surface area contributed by atoms with Gasteiger partial charge in [-0.05, 0) is 33.2 Å². The smallest absolute Gasteiger partial charge is 0.317 e. The van der Waals surface area contributed by atoms with Crippen molar-refractivity contribution in [3.63, 3.8) is 0 Å². The number of aliphatic carboxylic acids is 1. The van der Waals surface area contributed by atoms with Crippen LogP contribution in [0, 0.1) is 13.8 Å². The number of aryl methyl sites for hydroxylation is 2. The monoisotopic (exact) mass is 309 g/mol. The Bertz CT molecular complexity index is 529. The van der Waals surface area contributed by atoms with Gasteiger partial charge in [-0.15, -0.1) is 0 Å². The summed E-state index contributed by atoms with van der Waals surface area (Å²) in [6.45, 7) is 6.33. The molecule has 1 aliphatic rings. The van der Waals surface area contributed by atoms with Gasteiger partial charge >= 0.3 is 5.97 Å². The molecule has 0 atom stereocenters. The van der Waals surface area contributed by atoms with Crippen molar-refractivity contribution in [3.05, 3.63) is 17.0 Å². The van der Waals surface area contributed by atoms with Gasteiger partial charge in [0.2, 0.25) is 5.91 Å². The predicted octanol–water partition coefficient (Wildman–Crippen LogP) is 0.888. The van der Waals surface area contributed by atoms with E-state index < -0.39 is 5.97 Å². The van der Waals surface area contributed by atoms with Crippen molar-refractivity contribution in [2.45, 2.75) is 52.1 Å². The van der Waals surface area contributed by atoms with Gasteiger partial charge in [0.1, 0.15) is 5.76 Å². The van der Waals surface area contributed by atoms with Crippen LogP contribution in [0.15, 0.2) is 4.52 Å². The number of nitrogens with zero attached hydrogens (tertiary/aromatic N) is 2. The molecule has 0 spiro atoms. The highest BCUT2D eigenvalue weighted by Gasteiger charge is 2.34. The van der Waals surface area contributed by atoms with Gasteiger partial charge in [-0.25, -0.2) is 0 Å². The van der Waals surface area contributed by atoms with E-state index in [0.717, 1.165) is 24.1 Å². The molecule has 1 saturated carbocycles. The Labute approximate surface area is 129 Å². The number of likely N-dealkylation sites (N-methyl/N-ethyl adjacent to an activating group) is 1. The minimum atomic E-state index is -0.812. The zero-order valence-corrected chi connectivity index (χ0v) is 13.3. The lowest BCUT2D eigenvalue weighted by Gasteiger charge is -2.42. The second kappa shape index (κ2) is 6.91. The van der Waals surface area contributed by atoms with Crippen LogP contribution in [-0.2, 0) is 16.0 Å². The molecular formula is C15H23N3O4. The summed E-state index contributed by atoms with van der Waals surface area (Å²) in [6.07, 6.45) is 1.87. The highest BCUT2D eigenvalue weighted by molar-refractivity contribution is 5.79. The lowest BCUT2D eigenvalue weighted by molar-refractivity contribution is -0.139. The number of nitrogens with one attached hydrogen (secondary N) is 1.